The number of esters is 4. The highest BCUT2D eigenvalue weighted by atomic mass is 16.8. The Morgan fingerprint density at radius 3 is 2.16 bits per heavy atom. The molecule has 1 amide bonds. The van der Waals surface area contributed by atoms with Crippen molar-refractivity contribution in [3.05, 3.63) is 47.0 Å². The summed E-state index contributed by atoms with van der Waals surface area (Å²) < 4.78 is 46.1. The third-order valence-electron chi connectivity index (χ3n) is 14.1. The molecule has 5 aliphatic rings. The van der Waals surface area contributed by atoms with Crippen LogP contribution >= 0.6 is 0 Å². The van der Waals surface area contributed by atoms with Crippen molar-refractivity contribution < 1.29 is 86.8 Å². The van der Waals surface area contributed by atoms with Crippen molar-refractivity contribution >= 4 is 41.9 Å². The molecule has 19 nitrogen and oxygen atoms in total. The molecule has 1 aromatic carbocycles. The molecule has 346 valence electrons. The highest BCUT2D eigenvalue weighted by Gasteiger charge is 2.79. The second kappa shape index (κ2) is 15.8. The first-order chi connectivity index (χ1) is 29.1. The zero-order valence-corrected chi connectivity index (χ0v) is 37.2. The quantitative estimate of drug-likeness (QED) is 0.158. The lowest BCUT2D eigenvalue weighted by Crippen LogP contribution is -2.82. The monoisotopic (exact) mass is 887 g/mol. The van der Waals surface area contributed by atoms with E-state index in [1.54, 1.807) is 18.2 Å². The molecule has 63 heavy (non-hydrogen) atoms. The Hall–Kier alpha value is -5.11. The molecule has 2 saturated carbocycles. The lowest BCUT2D eigenvalue weighted by molar-refractivity contribution is -0.345. The lowest BCUT2D eigenvalue weighted by atomic mass is 9.44. The maximum atomic E-state index is 15.6. The average molecular weight is 888 g/mol. The van der Waals surface area contributed by atoms with Crippen LogP contribution in [-0.2, 0) is 57.1 Å². The van der Waals surface area contributed by atoms with Gasteiger partial charge in [-0.25, -0.2) is 19.2 Å². The number of alkyl carbamates (subject to hydrolysis) is 1. The molecule has 4 fully saturated rings. The van der Waals surface area contributed by atoms with Gasteiger partial charge in [-0.05, 0) is 71.7 Å². The summed E-state index contributed by atoms with van der Waals surface area (Å²) in [6, 6.07) is 6.29. The molecule has 0 spiro atoms. The van der Waals surface area contributed by atoms with Gasteiger partial charge in [-0.3, -0.25) is 14.4 Å². The second-order valence-corrected chi connectivity index (χ2v) is 19.3. The van der Waals surface area contributed by atoms with Crippen molar-refractivity contribution in [2.24, 2.45) is 22.2 Å². The molecule has 19 heteroatoms. The number of carbonyl (C=O) groups excluding carboxylic acids is 7. The largest absolute Gasteiger partial charge is 0.508 e. The van der Waals surface area contributed by atoms with Gasteiger partial charge in [0.2, 0.25) is 6.10 Å². The number of aliphatic hydroxyl groups is 3. The molecule has 0 radical (unpaired) electrons. The Morgan fingerprint density at radius 2 is 1.60 bits per heavy atom. The molecular weight excluding hydrogens is 830 g/mol. The van der Waals surface area contributed by atoms with E-state index in [0.717, 1.165) is 14.0 Å². The molecule has 6 rings (SSSR count). The summed E-state index contributed by atoms with van der Waals surface area (Å²) in [7, 11) is 1.05. The Labute approximate surface area is 364 Å². The van der Waals surface area contributed by atoms with E-state index in [2.05, 4.69) is 5.32 Å². The number of hydrogen-bond donors (Lipinski definition) is 4. The van der Waals surface area contributed by atoms with Crippen molar-refractivity contribution in [1.82, 2.24) is 5.32 Å². The molecule has 2 heterocycles. The number of fused-ring (bicyclic) bond motifs is 5. The van der Waals surface area contributed by atoms with E-state index < -0.39 is 143 Å². The minimum absolute atomic E-state index is 0.0227. The highest BCUT2D eigenvalue weighted by Crippen LogP contribution is 2.65. The van der Waals surface area contributed by atoms with Crippen LogP contribution in [0, 0.1) is 22.2 Å². The Bertz CT molecular complexity index is 2110. The van der Waals surface area contributed by atoms with Gasteiger partial charge in [-0.2, -0.15) is 0 Å². The van der Waals surface area contributed by atoms with E-state index in [1.807, 2.05) is 0 Å². The Kier molecular flexibility index (Phi) is 11.9. The van der Waals surface area contributed by atoms with Crippen LogP contribution in [0.3, 0.4) is 0 Å². The first-order valence-electron chi connectivity index (χ1n) is 20.6. The molecule has 4 N–H and O–H groups in total. The molecular formula is C44H57NO18. The number of ketones is 1. The topological polar surface area (TPSA) is 266 Å². The van der Waals surface area contributed by atoms with Crippen LogP contribution in [0.1, 0.15) is 92.4 Å². The molecule has 11 atom stereocenters. The maximum absolute atomic E-state index is 15.6. The van der Waals surface area contributed by atoms with Crippen LogP contribution in [0.2, 0.25) is 0 Å². The highest BCUT2D eigenvalue weighted by molar-refractivity contribution is 5.96. The van der Waals surface area contributed by atoms with E-state index in [1.165, 1.54) is 74.4 Å². The fraction of sp³-hybridized carbons (Fsp3) is 0.659. The van der Waals surface area contributed by atoms with E-state index in [0.29, 0.717) is 0 Å². The number of carbonyl (C=O) groups is 7. The maximum Gasteiger partial charge on any atom is 0.508 e. The molecule has 3 unspecified atom stereocenters. The van der Waals surface area contributed by atoms with Gasteiger partial charge in [0, 0.05) is 25.2 Å². The fourth-order valence-corrected chi connectivity index (χ4v) is 10.2. The Balaban J connectivity index is 1.57. The fourth-order valence-electron chi connectivity index (χ4n) is 10.2. The minimum atomic E-state index is -2.50. The first kappa shape index (κ1) is 47.4. The van der Waals surface area contributed by atoms with Gasteiger partial charge in [0.25, 0.3) is 0 Å². The summed E-state index contributed by atoms with van der Waals surface area (Å²) in [5.41, 5.74) is -13.2. The van der Waals surface area contributed by atoms with Crippen LogP contribution in [0.5, 0.6) is 0 Å². The van der Waals surface area contributed by atoms with Crippen molar-refractivity contribution in [3.63, 3.8) is 0 Å². The minimum Gasteiger partial charge on any atom is -0.455 e. The number of methoxy groups -OCH3 is 1. The summed E-state index contributed by atoms with van der Waals surface area (Å²) in [6.45, 7) is 13.1. The van der Waals surface area contributed by atoms with Gasteiger partial charge in [-0.1, -0.05) is 32.0 Å². The van der Waals surface area contributed by atoms with Gasteiger partial charge < -0.3 is 58.5 Å². The van der Waals surface area contributed by atoms with Crippen molar-refractivity contribution in [3.8, 4) is 0 Å². The number of benzene rings is 1. The predicted octanol–water partition coefficient (Wildman–Crippen LogP) is 2.63. The van der Waals surface area contributed by atoms with E-state index in [4.69, 9.17) is 37.9 Å². The number of cyclic esters (lactones) is 1. The standard InChI is InChI=1S/C44H57NO18/c1-21-26-27(58-22(2)47)31(49)42(10)24(48)17-25-43(20-57-25,63-37(54)56-11)29(42)32(60-33(50)23-15-13-12-14-16-23)44(55,40(26,7)8)18-41(21,9)61-34(51)28-30(39(5,6)35(52)59-28)45-36(53)62-38(3,4)19-46/h12-16,24-25,27-30,32,46,48,55H,17-20H2,1-11H3,(H,45,53)/t24?,25-,27-,28?,29?,30-,32+,41-,42-,43+,44-/m1/s1. The number of hydrogen-bond acceptors (Lipinski definition) is 18. The number of ether oxygens (including phenoxy) is 8. The summed E-state index contributed by atoms with van der Waals surface area (Å²) in [4.78, 5) is 97.1. The van der Waals surface area contributed by atoms with Crippen LogP contribution in [-0.4, -0.2) is 137 Å². The van der Waals surface area contributed by atoms with E-state index >= 15 is 4.79 Å². The smallest absolute Gasteiger partial charge is 0.455 e. The lowest BCUT2D eigenvalue weighted by Gasteiger charge is -2.67. The average Bonchev–Trinajstić information content (AvgIpc) is 3.42. The van der Waals surface area contributed by atoms with Gasteiger partial charge in [-0.15, -0.1) is 0 Å². The number of nitrogens with one attached hydrogen (secondary N) is 1. The third-order valence-corrected chi connectivity index (χ3v) is 14.1. The van der Waals surface area contributed by atoms with Crippen LogP contribution in [0.25, 0.3) is 0 Å². The van der Waals surface area contributed by atoms with Gasteiger partial charge in [0.05, 0.1) is 54.8 Å². The predicted molar refractivity (Wildman–Crippen MR) is 213 cm³/mol. The molecule has 1 aromatic rings. The second-order valence-electron chi connectivity index (χ2n) is 19.3. The molecule has 2 aliphatic heterocycles. The molecule has 0 aromatic heterocycles. The SMILES string of the molecule is COC(=O)O[C@@]12CO[C@@H]1CC(O)[C@@]1(C)C(=O)[C@H](OC(C)=O)C3=C(C)[C@](C)(OC(=O)C4OC(=O)C(C)(C)[C@@H]4NC(=O)OC(C)(C)CO)C[C@@](O)([C@@H](OC(=O)c4ccccc4)C12)C3(C)C. The number of aliphatic hydroxyl groups excluding tert-OH is 2. The number of rotatable bonds is 9. The van der Waals surface area contributed by atoms with Gasteiger partial charge in [0.15, 0.2) is 17.5 Å². The van der Waals surface area contributed by atoms with Crippen LogP contribution in [0.4, 0.5) is 9.59 Å². The van der Waals surface area contributed by atoms with E-state index in [-0.39, 0.29) is 23.1 Å². The van der Waals surface area contributed by atoms with Crippen molar-refractivity contribution in [2.45, 2.75) is 141 Å². The van der Waals surface area contributed by atoms with Crippen LogP contribution in [0.15, 0.2) is 41.5 Å². The first-order valence-corrected chi connectivity index (χ1v) is 20.6. The number of Topliss-reactive ketones (excluding diaryl/α,β-unsaturated/α-hetero) is 1. The molecule has 2 bridgehead atoms. The van der Waals surface area contributed by atoms with Crippen molar-refractivity contribution in [2.75, 3.05) is 20.3 Å². The van der Waals surface area contributed by atoms with E-state index in [9.17, 15) is 44.1 Å². The Morgan fingerprint density at radius 1 is 0.968 bits per heavy atom. The number of amides is 1. The summed E-state index contributed by atoms with van der Waals surface area (Å²) in [5.74, 6) is -6.63. The van der Waals surface area contributed by atoms with Crippen LogP contribution < -0.4 is 5.32 Å². The summed E-state index contributed by atoms with van der Waals surface area (Å²) in [6.07, 6.45) is -11.6. The summed E-state index contributed by atoms with van der Waals surface area (Å²) >= 11 is 0. The molecule has 3 aliphatic carbocycles. The van der Waals surface area contributed by atoms with Crippen molar-refractivity contribution in [1.29, 1.82) is 0 Å². The summed E-state index contributed by atoms with van der Waals surface area (Å²) in [5, 5.41) is 38.1. The normalized spacial score (nSPS) is 36.4. The third kappa shape index (κ3) is 7.43. The zero-order valence-electron chi connectivity index (χ0n) is 37.2. The van der Waals surface area contributed by atoms with Gasteiger partial charge >= 0.3 is 36.1 Å². The zero-order chi connectivity index (χ0) is 47.0. The van der Waals surface area contributed by atoms with Gasteiger partial charge in [0.1, 0.15) is 29.0 Å². The molecule has 2 saturated heterocycles.